The zero-order chi connectivity index (χ0) is 22.0. The smallest absolute Gasteiger partial charge is 0.408 e. The second-order valence-electron chi connectivity index (χ2n) is 8.31. The Labute approximate surface area is 173 Å². The highest BCUT2D eigenvalue weighted by molar-refractivity contribution is 5.88. The predicted octanol–water partition coefficient (Wildman–Crippen LogP) is 3.52. The minimum absolute atomic E-state index is 0.153. The fraction of sp³-hybridized carbons (Fsp3) is 0.591. The van der Waals surface area contributed by atoms with E-state index in [2.05, 4.69) is 5.32 Å². The quantitative estimate of drug-likeness (QED) is 0.634. The van der Waals surface area contributed by atoms with Gasteiger partial charge in [-0.05, 0) is 45.6 Å². The van der Waals surface area contributed by atoms with Crippen molar-refractivity contribution in [1.29, 1.82) is 0 Å². The Morgan fingerprint density at radius 3 is 2.24 bits per heavy atom. The molecule has 0 unspecified atom stereocenters. The van der Waals surface area contributed by atoms with Crippen molar-refractivity contribution < 1.29 is 23.9 Å². The van der Waals surface area contributed by atoms with E-state index in [9.17, 15) is 14.4 Å². The molecule has 0 heterocycles. The van der Waals surface area contributed by atoms with Gasteiger partial charge >= 0.3 is 12.1 Å². The van der Waals surface area contributed by atoms with Gasteiger partial charge in [-0.1, -0.05) is 44.2 Å². The molecule has 1 atom stereocenters. The van der Waals surface area contributed by atoms with Gasteiger partial charge in [0.05, 0.1) is 6.61 Å². The van der Waals surface area contributed by atoms with Crippen LogP contribution in [-0.4, -0.2) is 47.7 Å². The summed E-state index contributed by atoms with van der Waals surface area (Å²) in [6.07, 6.45) is -0.237. The lowest BCUT2D eigenvalue weighted by molar-refractivity contribution is -0.150. The molecule has 2 amide bonds. The fourth-order valence-electron chi connectivity index (χ4n) is 2.74. The fourth-order valence-corrected chi connectivity index (χ4v) is 2.74. The first kappa shape index (κ1) is 24.5. The van der Waals surface area contributed by atoms with E-state index in [1.165, 1.54) is 4.90 Å². The number of rotatable bonds is 9. The van der Waals surface area contributed by atoms with Crippen LogP contribution in [0.2, 0.25) is 0 Å². The minimum atomic E-state index is -0.803. The largest absolute Gasteiger partial charge is 0.465 e. The van der Waals surface area contributed by atoms with Gasteiger partial charge in [0, 0.05) is 6.54 Å². The summed E-state index contributed by atoms with van der Waals surface area (Å²) >= 11 is 0. The summed E-state index contributed by atoms with van der Waals surface area (Å²) in [7, 11) is 0. The highest BCUT2D eigenvalue weighted by atomic mass is 16.6. The Balaban J connectivity index is 3.03. The topological polar surface area (TPSA) is 84.9 Å². The lowest BCUT2D eigenvalue weighted by atomic mass is 10.0. The molecule has 162 valence electrons. The molecular formula is C22H34N2O5. The van der Waals surface area contributed by atoms with Crippen LogP contribution in [0.15, 0.2) is 30.3 Å². The third kappa shape index (κ3) is 9.96. The van der Waals surface area contributed by atoms with Gasteiger partial charge in [-0.15, -0.1) is 0 Å². The Hall–Kier alpha value is -2.57. The Morgan fingerprint density at radius 2 is 1.72 bits per heavy atom. The zero-order valence-electron chi connectivity index (χ0n) is 18.4. The van der Waals surface area contributed by atoms with E-state index in [0.29, 0.717) is 6.42 Å². The monoisotopic (exact) mass is 406 g/mol. The first-order chi connectivity index (χ1) is 13.5. The molecule has 0 aliphatic carbocycles. The van der Waals surface area contributed by atoms with E-state index in [0.717, 1.165) is 5.56 Å². The molecule has 29 heavy (non-hydrogen) atoms. The van der Waals surface area contributed by atoms with Gasteiger partial charge in [0.25, 0.3) is 0 Å². The number of nitrogens with zero attached hydrogens (tertiary/aromatic N) is 1. The summed E-state index contributed by atoms with van der Waals surface area (Å²) in [6.45, 7) is 11.2. The van der Waals surface area contributed by atoms with E-state index in [1.807, 2.05) is 44.2 Å². The molecule has 0 saturated carbocycles. The van der Waals surface area contributed by atoms with Gasteiger partial charge in [-0.3, -0.25) is 9.59 Å². The average molecular weight is 407 g/mol. The van der Waals surface area contributed by atoms with E-state index in [-0.39, 0.29) is 31.5 Å². The summed E-state index contributed by atoms with van der Waals surface area (Å²) < 4.78 is 10.3. The van der Waals surface area contributed by atoms with E-state index in [1.54, 1.807) is 27.7 Å². The molecule has 0 aromatic heterocycles. The van der Waals surface area contributed by atoms with Crippen molar-refractivity contribution in [2.45, 2.75) is 66.2 Å². The molecule has 0 aliphatic heterocycles. The van der Waals surface area contributed by atoms with Crippen molar-refractivity contribution in [2.24, 2.45) is 5.92 Å². The zero-order valence-corrected chi connectivity index (χ0v) is 18.4. The Morgan fingerprint density at radius 1 is 1.10 bits per heavy atom. The van der Waals surface area contributed by atoms with Crippen molar-refractivity contribution in [1.82, 2.24) is 10.2 Å². The van der Waals surface area contributed by atoms with Gasteiger partial charge in [-0.25, -0.2) is 4.79 Å². The molecule has 0 aliphatic rings. The van der Waals surface area contributed by atoms with Crippen LogP contribution in [0.4, 0.5) is 4.79 Å². The highest BCUT2D eigenvalue weighted by Crippen LogP contribution is 2.14. The number of benzene rings is 1. The maximum atomic E-state index is 13.3. The van der Waals surface area contributed by atoms with Gasteiger partial charge in [-0.2, -0.15) is 0 Å². The molecule has 0 bridgehead atoms. The number of carbonyl (C=O) groups excluding carboxylic acids is 3. The minimum Gasteiger partial charge on any atom is -0.465 e. The van der Waals surface area contributed by atoms with Gasteiger partial charge in [0.15, 0.2) is 0 Å². The molecule has 0 fully saturated rings. The summed E-state index contributed by atoms with van der Waals surface area (Å²) in [5.41, 5.74) is 0.204. The van der Waals surface area contributed by atoms with Crippen molar-refractivity contribution in [3.63, 3.8) is 0 Å². The Kier molecular flexibility index (Phi) is 9.65. The summed E-state index contributed by atoms with van der Waals surface area (Å²) in [5, 5.41) is 2.67. The molecule has 1 rings (SSSR count). The molecule has 7 heteroatoms. The van der Waals surface area contributed by atoms with Crippen LogP contribution >= 0.6 is 0 Å². The summed E-state index contributed by atoms with van der Waals surface area (Å²) in [4.78, 5) is 39.0. The van der Waals surface area contributed by atoms with Crippen LogP contribution in [0.1, 0.15) is 53.5 Å². The van der Waals surface area contributed by atoms with E-state index < -0.39 is 23.7 Å². The third-order valence-electron chi connectivity index (χ3n) is 3.85. The van der Waals surface area contributed by atoms with Gasteiger partial charge in [0.2, 0.25) is 5.91 Å². The summed E-state index contributed by atoms with van der Waals surface area (Å²) in [5.74, 6) is -0.682. The molecule has 1 N–H and O–H groups in total. The third-order valence-corrected chi connectivity index (χ3v) is 3.85. The van der Waals surface area contributed by atoms with Crippen molar-refractivity contribution >= 4 is 18.0 Å². The lowest BCUT2D eigenvalue weighted by Gasteiger charge is -2.29. The predicted molar refractivity (Wildman–Crippen MR) is 111 cm³/mol. The standard InChI is InChI=1S/C22H34N2O5/c1-7-28-19(25)15-24(14-17-11-9-8-10-12-17)20(26)18(13-16(2)3)23-21(27)29-22(4,5)6/h8-12,16,18H,7,13-15H2,1-6H3,(H,23,27)/t18-/m0/s1. The maximum absolute atomic E-state index is 13.3. The average Bonchev–Trinajstić information content (AvgIpc) is 2.59. The molecule has 0 radical (unpaired) electrons. The first-order valence-electron chi connectivity index (χ1n) is 9.99. The Bertz CT molecular complexity index is 668. The van der Waals surface area contributed by atoms with E-state index in [4.69, 9.17) is 9.47 Å². The van der Waals surface area contributed by atoms with Crippen LogP contribution in [0.5, 0.6) is 0 Å². The van der Waals surface area contributed by atoms with Crippen molar-refractivity contribution in [3.8, 4) is 0 Å². The summed E-state index contributed by atoms with van der Waals surface area (Å²) in [6, 6.07) is 8.57. The second-order valence-corrected chi connectivity index (χ2v) is 8.31. The van der Waals surface area contributed by atoms with Crippen molar-refractivity contribution in [3.05, 3.63) is 35.9 Å². The SMILES string of the molecule is CCOC(=O)CN(Cc1ccccc1)C(=O)[C@H](CC(C)C)NC(=O)OC(C)(C)C. The lowest BCUT2D eigenvalue weighted by Crippen LogP contribution is -2.51. The van der Waals surface area contributed by atoms with Crippen LogP contribution in [0, 0.1) is 5.92 Å². The number of hydrogen-bond donors (Lipinski definition) is 1. The molecule has 1 aromatic carbocycles. The molecular weight excluding hydrogens is 372 g/mol. The molecule has 0 spiro atoms. The van der Waals surface area contributed by atoms with Crippen LogP contribution in [0.3, 0.4) is 0 Å². The second kappa shape index (κ2) is 11.4. The van der Waals surface area contributed by atoms with Crippen molar-refractivity contribution in [2.75, 3.05) is 13.2 Å². The number of esters is 1. The number of hydrogen-bond acceptors (Lipinski definition) is 5. The molecule has 1 aromatic rings. The molecule has 0 saturated heterocycles. The number of carbonyl (C=O) groups is 3. The van der Waals surface area contributed by atoms with Crippen LogP contribution < -0.4 is 5.32 Å². The van der Waals surface area contributed by atoms with E-state index >= 15 is 0 Å². The number of amides is 2. The van der Waals surface area contributed by atoms with Gasteiger partial charge in [0.1, 0.15) is 18.2 Å². The highest BCUT2D eigenvalue weighted by Gasteiger charge is 2.30. The van der Waals surface area contributed by atoms with Gasteiger partial charge < -0.3 is 19.7 Å². The normalized spacial score (nSPS) is 12.2. The maximum Gasteiger partial charge on any atom is 0.408 e. The first-order valence-corrected chi connectivity index (χ1v) is 9.99. The number of nitrogens with one attached hydrogen (secondary N) is 1. The van der Waals surface area contributed by atoms with Crippen LogP contribution in [0.25, 0.3) is 0 Å². The number of ether oxygens (including phenoxy) is 2. The molecule has 7 nitrogen and oxygen atoms in total. The van der Waals surface area contributed by atoms with Crippen LogP contribution in [-0.2, 0) is 25.6 Å². The number of alkyl carbamates (subject to hydrolysis) is 1.